The van der Waals surface area contributed by atoms with Gasteiger partial charge in [0.05, 0.1) is 6.61 Å². The Kier molecular flexibility index (Phi) is 10.5. The molecule has 1 aliphatic heterocycles. The predicted octanol–water partition coefficient (Wildman–Crippen LogP) is 3.65. The Bertz CT molecular complexity index is 289. The van der Waals surface area contributed by atoms with Gasteiger partial charge in [-0.15, -0.1) is 0 Å². The largest absolute Gasteiger partial charge is 0.357 e. The van der Waals surface area contributed by atoms with Crippen molar-refractivity contribution in [2.75, 3.05) is 32.8 Å². The van der Waals surface area contributed by atoms with Crippen molar-refractivity contribution in [3.05, 3.63) is 0 Å². The second-order valence-electron chi connectivity index (χ2n) is 6.42. The monoisotopic (exact) mass is 312 g/mol. The first-order chi connectivity index (χ1) is 10.7. The molecule has 1 fully saturated rings. The summed E-state index contributed by atoms with van der Waals surface area (Å²) in [7, 11) is 0. The summed E-state index contributed by atoms with van der Waals surface area (Å²) >= 11 is 0. The van der Waals surface area contributed by atoms with Crippen LogP contribution in [0.15, 0.2) is 0 Å². The van der Waals surface area contributed by atoms with Crippen LogP contribution in [-0.4, -0.2) is 54.7 Å². The van der Waals surface area contributed by atoms with E-state index in [0.717, 1.165) is 52.0 Å². The molecule has 1 unspecified atom stereocenters. The zero-order valence-electron chi connectivity index (χ0n) is 15.0. The molecule has 0 aromatic rings. The molecule has 130 valence electrons. The van der Waals surface area contributed by atoms with E-state index in [1.165, 1.54) is 25.7 Å². The summed E-state index contributed by atoms with van der Waals surface area (Å²) in [6.45, 7) is 11.4. The highest BCUT2D eigenvalue weighted by atomic mass is 16.5. The SMILES string of the molecule is CCCCN(CCCC)CCOC(C)N1CCCCCC1=O. The third-order valence-electron chi connectivity index (χ3n) is 4.47. The first-order valence-electron chi connectivity index (χ1n) is 9.32. The van der Waals surface area contributed by atoms with Gasteiger partial charge in [0.1, 0.15) is 6.23 Å². The number of ether oxygens (including phenoxy) is 1. The molecule has 1 amide bonds. The lowest BCUT2D eigenvalue weighted by atomic mass is 10.2. The molecule has 1 heterocycles. The number of carbonyl (C=O) groups excluding carboxylic acids is 1. The van der Waals surface area contributed by atoms with Gasteiger partial charge in [-0.2, -0.15) is 0 Å². The van der Waals surface area contributed by atoms with Gasteiger partial charge >= 0.3 is 0 Å². The lowest BCUT2D eigenvalue weighted by Crippen LogP contribution is -2.41. The maximum absolute atomic E-state index is 12.1. The number of nitrogens with zero attached hydrogens (tertiary/aromatic N) is 2. The smallest absolute Gasteiger partial charge is 0.224 e. The molecule has 1 saturated heterocycles. The van der Waals surface area contributed by atoms with Crippen molar-refractivity contribution < 1.29 is 9.53 Å². The topological polar surface area (TPSA) is 32.8 Å². The first kappa shape index (κ1) is 19.4. The van der Waals surface area contributed by atoms with Crippen molar-refractivity contribution in [2.24, 2.45) is 0 Å². The summed E-state index contributed by atoms with van der Waals surface area (Å²) in [5, 5.41) is 0. The molecule has 1 rings (SSSR count). The molecule has 0 N–H and O–H groups in total. The van der Waals surface area contributed by atoms with Crippen LogP contribution >= 0.6 is 0 Å². The summed E-state index contributed by atoms with van der Waals surface area (Å²) in [5.41, 5.74) is 0. The van der Waals surface area contributed by atoms with Gasteiger partial charge in [-0.25, -0.2) is 0 Å². The van der Waals surface area contributed by atoms with Crippen LogP contribution < -0.4 is 0 Å². The van der Waals surface area contributed by atoms with Gasteiger partial charge in [-0.05, 0) is 45.7 Å². The molecule has 0 saturated carbocycles. The lowest BCUT2D eigenvalue weighted by Gasteiger charge is -2.29. The summed E-state index contributed by atoms with van der Waals surface area (Å²) in [6, 6.07) is 0. The van der Waals surface area contributed by atoms with E-state index in [4.69, 9.17) is 4.74 Å². The maximum atomic E-state index is 12.1. The van der Waals surface area contributed by atoms with E-state index in [9.17, 15) is 4.79 Å². The van der Waals surface area contributed by atoms with Gasteiger partial charge in [-0.1, -0.05) is 33.1 Å². The van der Waals surface area contributed by atoms with E-state index in [1.807, 2.05) is 11.8 Å². The molecule has 0 spiro atoms. The first-order valence-corrected chi connectivity index (χ1v) is 9.32. The van der Waals surface area contributed by atoms with Gasteiger partial charge in [0.25, 0.3) is 0 Å². The Morgan fingerprint density at radius 3 is 2.41 bits per heavy atom. The minimum atomic E-state index is -0.0789. The van der Waals surface area contributed by atoms with Crippen molar-refractivity contribution in [3.8, 4) is 0 Å². The van der Waals surface area contributed by atoms with Crippen LogP contribution in [0.5, 0.6) is 0 Å². The molecule has 0 aromatic heterocycles. The van der Waals surface area contributed by atoms with Crippen molar-refractivity contribution in [2.45, 2.75) is 78.4 Å². The van der Waals surface area contributed by atoms with Gasteiger partial charge < -0.3 is 14.5 Å². The van der Waals surface area contributed by atoms with E-state index in [-0.39, 0.29) is 12.1 Å². The molecule has 1 atom stereocenters. The Hall–Kier alpha value is -0.610. The average Bonchev–Trinajstić information content (AvgIpc) is 2.73. The molecular formula is C18H36N2O2. The molecule has 22 heavy (non-hydrogen) atoms. The van der Waals surface area contributed by atoms with Gasteiger partial charge in [-0.3, -0.25) is 4.79 Å². The fourth-order valence-corrected chi connectivity index (χ4v) is 2.93. The van der Waals surface area contributed by atoms with E-state index >= 15 is 0 Å². The fraction of sp³-hybridized carbons (Fsp3) is 0.944. The molecular weight excluding hydrogens is 276 g/mol. The number of hydrogen-bond donors (Lipinski definition) is 0. The third-order valence-corrected chi connectivity index (χ3v) is 4.47. The second-order valence-corrected chi connectivity index (χ2v) is 6.42. The number of carbonyl (C=O) groups is 1. The molecule has 0 bridgehead atoms. The number of unbranched alkanes of at least 4 members (excludes halogenated alkanes) is 2. The minimum Gasteiger partial charge on any atom is -0.357 e. The highest BCUT2D eigenvalue weighted by Crippen LogP contribution is 2.14. The number of rotatable bonds is 11. The fourth-order valence-electron chi connectivity index (χ4n) is 2.93. The van der Waals surface area contributed by atoms with Crippen LogP contribution in [0.25, 0.3) is 0 Å². The minimum absolute atomic E-state index is 0.0789. The van der Waals surface area contributed by atoms with Crippen molar-refractivity contribution >= 4 is 5.91 Å². The molecule has 0 radical (unpaired) electrons. The molecule has 4 heteroatoms. The highest BCUT2D eigenvalue weighted by molar-refractivity contribution is 5.76. The van der Waals surface area contributed by atoms with Crippen LogP contribution in [-0.2, 0) is 9.53 Å². The summed E-state index contributed by atoms with van der Waals surface area (Å²) in [5.74, 6) is 0.263. The third kappa shape index (κ3) is 7.59. The van der Waals surface area contributed by atoms with Crippen molar-refractivity contribution in [3.63, 3.8) is 0 Å². The average molecular weight is 312 g/mol. The maximum Gasteiger partial charge on any atom is 0.224 e. The number of hydrogen-bond acceptors (Lipinski definition) is 3. The lowest BCUT2D eigenvalue weighted by molar-refractivity contribution is -0.144. The van der Waals surface area contributed by atoms with Crippen LogP contribution in [0.1, 0.15) is 72.1 Å². The van der Waals surface area contributed by atoms with Crippen LogP contribution in [0, 0.1) is 0 Å². The van der Waals surface area contributed by atoms with E-state index in [1.54, 1.807) is 0 Å². The standard InChI is InChI=1S/C18H36N2O2/c1-4-6-12-19(13-7-5-2)15-16-22-17(3)20-14-10-8-9-11-18(20)21/h17H,4-16H2,1-3H3. The Labute approximate surface area is 137 Å². The summed E-state index contributed by atoms with van der Waals surface area (Å²) < 4.78 is 5.96. The van der Waals surface area contributed by atoms with Crippen LogP contribution in [0.4, 0.5) is 0 Å². The zero-order valence-corrected chi connectivity index (χ0v) is 15.0. The quantitative estimate of drug-likeness (QED) is 0.584. The van der Waals surface area contributed by atoms with Crippen molar-refractivity contribution in [1.29, 1.82) is 0 Å². The Morgan fingerprint density at radius 2 is 1.77 bits per heavy atom. The van der Waals surface area contributed by atoms with Crippen LogP contribution in [0.2, 0.25) is 0 Å². The predicted molar refractivity (Wildman–Crippen MR) is 91.9 cm³/mol. The Morgan fingerprint density at radius 1 is 1.09 bits per heavy atom. The molecule has 1 aliphatic rings. The molecule has 4 nitrogen and oxygen atoms in total. The number of amides is 1. The zero-order chi connectivity index (χ0) is 16.2. The number of likely N-dealkylation sites (tertiary alicyclic amines) is 1. The van der Waals surface area contributed by atoms with Crippen molar-refractivity contribution in [1.82, 2.24) is 9.80 Å². The summed E-state index contributed by atoms with van der Waals surface area (Å²) in [4.78, 5) is 16.5. The van der Waals surface area contributed by atoms with E-state index in [0.29, 0.717) is 6.42 Å². The normalized spacial score (nSPS) is 17.8. The van der Waals surface area contributed by atoms with Gasteiger partial charge in [0, 0.05) is 19.5 Å². The molecule has 0 aromatic carbocycles. The Balaban J connectivity index is 2.30. The van der Waals surface area contributed by atoms with Crippen LogP contribution in [0.3, 0.4) is 0 Å². The second kappa shape index (κ2) is 11.9. The highest BCUT2D eigenvalue weighted by Gasteiger charge is 2.22. The van der Waals surface area contributed by atoms with Gasteiger partial charge in [0.2, 0.25) is 5.91 Å². The van der Waals surface area contributed by atoms with E-state index < -0.39 is 0 Å². The van der Waals surface area contributed by atoms with Gasteiger partial charge in [0.15, 0.2) is 0 Å². The summed E-state index contributed by atoms with van der Waals surface area (Å²) in [6.07, 6.45) is 8.90. The molecule has 0 aliphatic carbocycles. The van der Waals surface area contributed by atoms with E-state index in [2.05, 4.69) is 18.7 Å².